The van der Waals surface area contributed by atoms with Gasteiger partial charge in [0, 0.05) is 50.7 Å². The van der Waals surface area contributed by atoms with Crippen molar-refractivity contribution in [3.63, 3.8) is 0 Å². The van der Waals surface area contributed by atoms with Gasteiger partial charge in [0.1, 0.15) is 17.2 Å². The molecule has 31 heavy (non-hydrogen) atoms. The van der Waals surface area contributed by atoms with Gasteiger partial charge in [-0.3, -0.25) is 9.36 Å². The number of piperazine rings is 1. The number of benzene rings is 2. The first kappa shape index (κ1) is 20.6. The molecular weight excluding hydrogens is 396 g/mol. The number of aromatic nitrogens is 2. The summed E-state index contributed by atoms with van der Waals surface area (Å²) in [5, 5.41) is 0. The van der Waals surface area contributed by atoms with Crippen molar-refractivity contribution in [3.05, 3.63) is 60.9 Å². The number of carbonyl (C=O) groups excluding carboxylic acids is 1. The summed E-state index contributed by atoms with van der Waals surface area (Å²) in [6.07, 6.45) is 3.72. The standard InChI is InChI=1S/C23H26N4O4/c1-29-19-6-3-5-18(15-19)27-10-9-24-23(27)26-13-11-25(12-14-26)22(28)17-31-21-8-4-7-20(16-21)30-2/h3-10,15-16H,11-14,17H2,1-2H3. The first-order valence-corrected chi connectivity index (χ1v) is 10.2. The van der Waals surface area contributed by atoms with Crippen LogP contribution in [0.3, 0.4) is 0 Å². The maximum atomic E-state index is 12.6. The summed E-state index contributed by atoms with van der Waals surface area (Å²) in [4.78, 5) is 21.2. The van der Waals surface area contributed by atoms with Gasteiger partial charge in [0.25, 0.3) is 5.91 Å². The van der Waals surface area contributed by atoms with Crippen LogP contribution in [0.5, 0.6) is 17.2 Å². The summed E-state index contributed by atoms with van der Waals surface area (Å²) in [6, 6.07) is 15.1. The SMILES string of the molecule is COc1cccc(OCC(=O)N2CCN(c3nccn3-c3cccc(OC)c3)CC2)c1. The fourth-order valence-electron chi connectivity index (χ4n) is 3.57. The molecule has 3 aromatic rings. The molecule has 0 spiro atoms. The van der Waals surface area contributed by atoms with Crippen molar-refractivity contribution in [1.29, 1.82) is 0 Å². The first-order chi connectivity index (χ1) is 15.2. The monoisotopic (exact) mass is 422 g/mol. The Morgan fingerprint density at radius 3 is 2.35 bits per heavy atom. The molecule has 4 rings (SSSR count). The number of nitrogens with zero attached hydrogens (tertiary/aromatic N) is 4. The third-order valence-electron chi connectivity index (χ3n) is 5.27. The minimum absolute atomic E-state index is 0.00556. The summed E-state index contributed by atoms with van der Waals surface area (Å²) in [7, 11) is 3.26. The number of ether oxygens (including phenoxy) is 3. The summed E-state index contributed by atoms with van der Waals surface area (Å²) in [6.45, 7) is 2.64. The van der Waals surface area contributed by atoms with E-state index in [9.17, 15) is 4.79 Å². The molecule has 2 aromatic carbocycles. The summed E-state index contributed by atoms with van der Waals surface area (Å²) in [5.74, 6) is 2.94. The van der Waals surface area contributed by atoms with Gasteiger partial charge in [-0.2, -0.15) is 0 Å². The van der Waals surface area contributed by atoms with Crippen LogP contribution in [-0.4, -0.2) is 67.4 Å². The molecule has 2 heterocycles. The van der Waals surface area contributed by atoms with Crippen LogP contribution in [0.25, 0.3) is 5.69 Å². The topological polar surface area (TPSA) is 69.1 Å². The van der Waals surface area contributed by atoms with Gasteiger partial charge in [-0.15, -0.1) is 0 Å². The maximum absolute atomic E-state index is 12.6. The molecule has 1 aromatic heterocycles. The Morgan fingerprint density at radius 2 is 1.61 bits per heavy atom. The molecule has 8 heteroatoms. The van der Waals surface area contributed by atoms with Crippen LogP contribution < -0.4 is 19.1 Å². The maximum Gasteiger partial charge on any atom is 0.260 e. The molecule has 1 fully saturated rings. The van der Waals surface area contributed by atoms with E-state index >= 15 is 0 Å². The van der Waals surface area contributed by atoms with E-state index in [2.05, 4.69) is 9.88 Å². The minimum atomic E-state index is -0.0291. The smallest absolute Gasteiger partial charge is 0.260 e. The highest BCUT2D eigenvalue weighted by Gasteiger charge is 2.24. The van der Waals surface area contributed by atoms with Crippen molar-refractivity contribution in [2.45, 2.75) is 0 Å². The highest BCUT2D eigenvalue weighted by atomic mass is 16.5. The van der Waals surface area contributed by atoms with Gasteiger partial charge in [0.05, 0.1) is 19.9 Å². The van der Waals surface area contributed by atoms with Crippen molar-refractivity contribution < 1.29 is 19.0 Å². The molecule has 1 saturated heterocycles. The van der Waals surface area contributed by atoms with Crippen LogP contribution in [0.15, 0.2) is 60.9 Å². The van der Waals surface area contributed by atoms with E-state index in [1.165, 1.54) is 0 Å². The summed E-state index contributed by atoms with van der Waals surface area (Å²) in [5.41, 5.74) is 0.983. The van der Waals surface area contributed by atoms with Crippen molar-refractivity contribution >= 4 is 11.9 Å². The van der Waals surface area contributed by atoms with Crippen LogP contribution in [0.2, 0.25) is 0 Å². The molecule has 0 N–H and O–H groups in total. The number of imidazole rings is 1. The molecule has 8 nitrogen and oxygen atoms in total. The van der Waals surface area contributed by atoms with E-state index in [0.29, 0.717) is 37.7 Å². The molecule has 162 valence electrons. The van der Waals surface area contributed by atoms with E-state index in [0.717, 1.165) is 17.4 Å². The Labute approximate surface area is 181 Å². The third kappa shape index (κ3) is 4.74. The van der Waals surface area contributed by atoms with E-state index in [-0.39, 0.29) is 12.5 Å². The quantitative estimate of drug-likeness (QED) is 0.583. The van der Waals surface area contributed by atoms with E-state index < -0.39 is 0 Å². The second kappa shape index (κ2) is 9.42. The van der Waals surface area contributed by atoms with Crippen LogP contribution in [0.4, 0.5) is 5.95 Å². The van der Waals surface area contributed by atoms with E-state index in [1.54, 1.807) is 26.5 Å². The number of anilines is 1. The van der Waals surface area contributed by atoms with Crippen molar-refractivity contribution in [2.24, 2.45) is 0 Å². The van der Waals surface area contributed by atoms with Crippen molar-refractivity contribution in [2.75, 3.05) is 51.9 Å². The Morgan fingerprint density at radius 1 is 0.935 bits per heavy atom. The highest BCUT2D eigenvalue weighted by Crippen LogP contribution is 2.23. The molecule has 0 atom stereocenters. The second-order valence-corrected chi connectivity index (χ2v) is 7.13. The first-order valence-electron chi connectivity index (χ1n) is 10.2. The number of hydrogen-bond acceptors (Lipinski definition) is 6. The number of carbonyl (C=O) groups is 1. The molecule has 0 bridgehead atoms. The zero-order chi connectivity index (χ0) is 21.6. The fraction of sp³-hybridized carbons (Fsp3) is 0.304. The minimum Gasteiger partial charge on any atom is -0.497 e. The average Bonchev–Trinajstić information content (AvgIpc) is 3.33. The van der Waals surface area contributed by atoms with E-state index in [4.69, 9.17) is 14.2 Å². The lowest BCUT2D eigenvalue weighted by atomic mass is 10.3. The lowest BCUT2D eigenvalue weighted by Gasteiger charge is -2.35. The molecule has 0 aliphatic carbocycles. The Hall–Kier alpha value is -3.68. The largest absolute Gasteiger partial charge is 0.497 e. The molecule has 1 amide bonds. The van der Waals surface area contributed by atoms with E-state index in [1.807, 2.05) is 58.1 Å². The molecule has 1 aliphatic heterocycles. The lowest BCUT2D eigenvalue weighted by molar-refractivity contribution is -0.133. The normalized spacial score (nSPS) is 13.7. The Bertz CT molecular complexity index is 1030. The van der Waals surface area contributed by atoms with Gasteiger partial charge in [0.2, 0.25) is 5.95 Å². The van der Waals surface area contributed by atoms with Gasteiger partial charge < -0.3 is 24.0 Å². The fourth-order valence-corrected chi connectivity index (χ4v) is 3.57. The number of rotatable bonds is 7. The number of hydrogen-bond donors (Lipinski definition) is 0. The van der Waals surface area contributed by atoms with Gasteiger partial charge >= 0.3 is 0 Å². The zero-order valence-corrected chi connectivity index (χ0v) is 17.7. The molecule has 0 radical (unpaired) electrons. The van der Waals surface area contributed by atoms with Crippen LogP contribution in [0, 0.1) is 0 Å². The second-order valence-electron chi connectivity index (χ2n) is 7.13. The highest BCUT2D eigenvalue weighted by molar-refractivity contribution is 5.78. The summed E-state index contributed by atoms with van der Waals surface area (Å²) >= 11 is 0. The van der Waals surface area contributed by atoms with Crippen LogP contribution >= 0.6 is 0 Å². The molecule has 1 aliphatic rings. The predicted molar refractivity (Wildman–Crippen MR) is 117 cm³/mol. The Kier molecular flexibility index (Phi) is 6.26. The van der Waals surface area contributed by atoms with Gasteiger partial charge in [0.15, 0.2) is 6.61 Å². The van der Waals surface area contributed by atoms with Crippen molar-refractivity contribution in [3.8, 4) is 22.9 Å². The molecular formula is C23H26N4O4. The predicted octanol–water partition coefficient (Wildman–Crippen LogP) is 2.62. The van der Waals surface area contributed by atoms with Crippen molar-refractivity contribution in [1.82, 2.24) is 14.5 Å². The Balaban J connectivity index is 1.35. The lowest BCUT2D eigenvalue weighted by Crippen LogP contribution is -2.50. The third-order valence-corrected chi connectivity index (χ3v) is 5.27. The van der Waals surface area contributed by atoms with Crippen LogP contribution in [0.1, 0.15) is 0 Å². The van der Waals surface area contributed by atoms with Gasteiger partial charge in [-0.1, -0.05) is 12.1 Å². The zero-order valence-electron chi connectivity index (χ0n) is 17.7. The number of amides is 1. The van der Waals surface area contributed by atoms with Gasteiger partial charge in [-0.25, -0.2) is 4.98 Å². The summed E-state index contributed by atoms with van der Waals surface area (Å²) < 4.78 is 18.2. The van der Waals surface area contributed by atoms with Crippen LogP contribution in [-0.2, 0) is 4.79 Å². The average molecular weight is 422 g/mol. The number of methoxy groups -OCH3 is 2. The van der Waals surface area contributed by atoms with Gasteiger partial charge in [-0.05, 0) is 24.3 Å². The molecule has 0 unspecified atom stereocenters. The molecule has 0 saturated carbocycles.